The lowest BCUT2D eigenvalue weighted by molar-refractivity contribution is 0.151. The number of alkyl carbamates (subject to hydrolysis) is 1. The Morgan fingerprint density at radius 2 is 1.88 bits per heavy atom. The average Bonchev–Trinajstić information content (AvgIpc) is 2.27. The van der Waals surface area contributed by atoms with Crippen LogP contribution in [0.2, 0.25) is 0 Å². The van der Waals surface area contributed by atoms with Gasteiger partial charge in [-0.25, -0.2) is 9.59 Å². The Morgan fingerprint density at radius 1 is 1.35 bits per heavy atom. The molecule has 0 aliphatic rings. The molecule has 4 N–H and O–H groups in total. The number of carbonyl (C=O) groups excluding carboxylic acids is 1. The summed E-state index contributed by atoms with van der Waals surface area (Å²) >= 11 is 0. The van der Waals surface area contributed by atoms with Crippen LogP contribution in [0.25, 0.3) is 0 Å². The number of nitrogens with one attached hydrogen (secondary N) is 1. The Bertz CT molecular complexity index is 337. The minimum absolute atomic E-state index is 0.369. The van der Waals surface area contributed by atoms with Crippen LogP contribution in [0.4, 0.5) is 9.59 Å². The summed E-state index contributed by atoms with van der Waals surface area (Å²) in [6.45, 7) is 2.70. The second-order valence-corrected chi connectivity index (χ2v) is 2.90. The number of carbonyl (C=O) groups is 2. The normalized spacial score (nSPS) is 8.53. The molecule has 0 heterocycles. The van der Waals surface area contributed by atoms with Crippen molar-refractivity contribution in [2.24, 2.45) is 5.73 Å². The summed E-state index contributed by atoms with van der Waals surface area (Å²) in [5, 5.41) is 9.83. The first-order chi connectivity index (χ1) is 8.06. The zero-order valence-electron chi connectivity index (χ0n) is 9.55. The molecule has 0 unspecified atom stereocenters. The van der Waals surface area contributed by atoms with Gasteiger partial charge in [-0.05, 0) is 12.5 Å². The Hall–Kier alpha value is -2.24. The van der Waals surface area contributed by atoms with Crippen LogP contribution >= 0.6 is 0 Å². The number of hydrogen-bond acceptors (Lipinski definition) is 3. The van der Waals surface area contributed by atoms with Crippen molar-refractivity contribution in [3.05, 3.63) is 35.9 Å². The van der Waals surface area contributed by atoms with Crippen molar-refractivity contribution in [1.29, 1.82) is 0 Å². The number of nitrogens with two attached hydrogens (primary N) is 1. The maximum Gasteiger partial charge on any atom is 0.407 e. The summed E-state index contributed by atoms with van der Waals surface area (Å²) in [5.41, 5.74) is 5.09. The molecule has 0 radical (unpaired) electrons. The van der Waals surface area contributed by atoms with Crippen LogP contribution in [0, 0.1) is 0 Å². The molecule has 0 saturated carbocycles. The van der Waals surface area contributed by atoms with E-state index >= 15 is 0 Å². The standard InChI is InChI=1S/C10H13NO2.CH3NO2/c1-2-13-10(12)11-8-9-6-4-3-5-7-9;2-1(3)4/h3-7H,2,8H2,1H3,(H,11,12);2H2,(H,3,4). The number of primary amides is 1. The lowest BCUT2D eigenvalue weighted by atomic mass is 10.2. The number of amides is 2. The van der Waals surface area contributed by atoms with Gasteiger partial charge in [-0.15, -0.1) is 0 Å². The molecule has 1 aromatic carbocycles. The van der Waals surface area contributed by atoms with E-state index in [-0.39, 0.29) is 6.09 Å². The maximum atomic E-state index is 10.9. The van der Waals surface area contributed by atoms with Gasteiger partial charge in [0.2, 0.25) is 0 Å². The van der Waals surface area contributed by atoms with Crippen LogP contribution in [-0.2, 0) is 11.3 Å². The van der Waals surface area contributed by atoms with Gasteiger partial charge in [-0.3, -0.25) is 0 Å². The highest BCUT2D eigenvalue weighted by Gasteiger charge is 1.98. The first-order valence-corrected chi connectivity index (χ1v) is 4.99. The molecule has 0 spiro atoms. The summed E-state index contributed by atoms with van der Waals surface area (Å²) in [7, 11) is 0. The Kier molecular flexibility index (Phi) is 7.83. The molecule has 6 heteroatoms. The van der Waals surface area contributed by atoms with Gasteiger partial charge in [0.25, 0.3) is 0 Å². The number of carboxylic acid groups (broad SMARTS) is 1. The maximum absolute atomic E-state index is 10.9. The summed E-state index contributed by atoms with van der Waals surface area (Å²) in [6, 6.07) is 9.71. The van der Waals surface area contributed by atoms with Crippen LogP contribution in [0.3, 0.4) is 0 Å². The van der Waals surface area contributed by atoms with E-state index in [1.165, 1.54) is 0 Å². The predicted octanol–water partition coefficient (Wildman–Crippen LogP) is 1.56. The van der Waals surface area contributed by atoms with Gasteiger partial charge in [-0.2, -0.15) is 0 Å². The third-order valence-corrected chi connectivity index (χ3v) is 1.56. The van der Waals surface area contributed by atoms with E-state index in [9.17, 15) is 4.79 Å². The SMILES string of the molecule is CCOC(=O)NCc1ccccc1.NC(=O)O. The predicted molar refractivity (Wildman–Crippen MR) is 62.5 cm³/mol. The van der Waals surface area contributed by atoms with E-state index in [1.54, 1.807) is 6.92 Å². The quantitative estimate of drug-likeness (QED) is 0.746. The molecule has 0 aliphatic carbocycles. The molecule has 17 heavy (non-hydrogen) atoms. The summed E-state index contributed by atoms with van der Waals surface area (Å²) < 4.78 is 4.71. The number of rotatable bonds is 3. The van der Waals surface area contributed by atoms with E-state index in [2.05, 4.69) is 11.1 Å². The van der Waals surface area contributed by atoms with Gasteiger partial charge < -0.3 is 20.9 Å². The Labute approximate surface area is 99.4 Å². The van der Waals surface area contributed by atoms with Crippen molar-refractivity contribution in [2.45, 2.75) is 13.5 Å². The lowest BCUT2D eigenvalue weighted by Crippen LogP contribution is -2.23. The minimum atomic E-state index is -1.33. The van der Waals surface area contributed by atoms with Gasteiger partial charge in [-0.1, -0.05) is 30.3 Å². The Morgan fingerprint density at radius 3 is 2.35 bits per heavy atom. The smallest absolute Gasteiger partial charge is 0.407 e. The van der Waals surface area contributed by atoms with Gasteiger partial charge >= 0.3 is 12.2 Å². The minimum Gasteiger partial charge on any atom is -0.465 e. The van der Waals surface area contributed by atoms with E-state index in [0.29, 0.717) is 13.2 Å². The monoisotopic (exact) mass is 240 g/mol. The van der Waals surface area contributed by atoms with Crippen molar-refractivity contribution in [3.63, 3.8) is 0 Å². The van der Waals surface area contributed by atoms with E-state index < -0.39 is 6.09 Å². The summed E-state index contributed by atoms with van der Waals surface area (Å²) in [5.74, 6) is 0. The third-order valence-electron chi connectivity index (χ3n) is 1.56. The molecule has 1 rings (SSSR count). The van der Waals surface area contributed by atoms with Gasteiger partial charge in [0.1, 0.15) is 0 Å². The largest absolute Gasteiger partial charge is 0.465 e. The number of hydrogen-bond donors (Lipinski definition) is 3. The van der Waals surface area contributed by atoms with Crippen molar-refractivity contribution in [2.75, 3.05) is 6.61 Å². The van der Waals surface area contributed by atoms with Crippen molar-refractivity contribution in [1.82, 2.24) is 5.32 Å². The summed E-state index contributed by atoms with van der Waals surface area (Å²) in [6.07, 6.45) is -1.70. The van der Waals surface area contributed by atoms with E-state index in [1.807, 2.05) is 30.3 Å². The van der Waals surface area contributed by atoms with Crippen molar-refractivity contribution in [3.8, 4) is 0 Å². The second-order valence-electron chi connectivity index (χ2n) is 2.90. The average molecular weight is 240 g/mol. The van der Waals surface area contributed by atoms with Gasteiger partial charge in [0.05, 0.1) is 6.61 Å². The zero-order chi connectivity index (χ0) is 13.1. The van der Waals surface area contributed by atoms with Crippen molar-refractivity contribution >= 4 is 12.2 Å². The molecular formula is C11H16N2O4. The van der Waals surface area contributed by atoms with E-state index in [4.69, 9.17) is 14.6 Å². The van der Waals surface area contributed by atoms with Crippen LogP contribution in [0.1, 0.15) is 12.5 Å². The molecule has 0 aliphatic heterocycles. The van der Waals surface area contributed by atoms with Gasteiger partial charge in [0, 0.05) is 6.54 Å². The molecule has 0 fully saturated rings. The number of benzene rings is 1. The summed E-state index contributed by atoms with van der Waals surface area (Å²) in [4.78, 5) is 19.7. The first-order valence-electron chi connectivity index (χ1n) is 4.99. The van der Waals surface area contributed by atoms with Gasteiger partial charge in [0.15, 0.2) is 0 Å². The highest BCUT2D eigenvalue weighted by Crippen LogP contribution is 1.97. The van der Waals surface area contributed by atoms with Crippen LogP contribution in [0.15, 0.2) is 30.3 Å². The van der Waals surface area contributed by atoms with Crippen LogP contribution in [0.5, 0.6) is 0 Å². The Balaban J connectivity index is 0.000000557. The molecule has 94 valence electrons. The topological polar surface area (TPSA) is 102 Å². The molecule has 0 atom stereocenters. The second kappa shape index (κ2) is 9.02. The van der Waals surface area contributed by atoms with E-state index in [0.717, 1.165) is 5.56 Å². The highest BCUT2D eigenvalue weighted by atomic mass is 16.5. The molecule has 1 aromatic rings. The van der Waals surface area contributed by atoms with Crippen LogP contribution < -0.4 is 11.1 Å². The molecule has 6 nitrogen and oxygen atoms in total. The number of ether oxygens (including phenoxy) is 1. The first kappa shape index (κ1) is 14.8. The molecule has 2 amide bonds. The van der Waals surface area contributed by atoms with Crippen molar-refractivity contribution < 1.29 is 19.4 Å². The fourth-order valence-corrected chi connectivity index (χ4v) is 0.952. The highest BCUT2D eigenvalue weighted by molar-refractivity contribution is 5.67. The molecule has 0 bridgehead atoms. The molecule has 0 aromatic heterocycles. The fraction of sp³-hybridized carbons (Fsp3) is 0.273. The molecule has 0 saturated heterocycles. The fourth-order valence-electron chi connectivity index (χ4n) is 0.952. The third kappa shape index (κ3) is 10.1. The molecular weight excluding hydrogens is 224 g/mol. The lowest BCUT2D eigenvalue weighted by Gasteiger charge is -2.04. The van der Waals surface area contributed by atoms with Crippen LogP contribution in [-0.4, -0.2) is 23.9 Å². The zero-order valence-corrected chi connectivity index (χ0v) is 9.55.